The molecule has 96 valence electrons. The van der Waals surface area contributed by atoms with E-state index in [1.165, 1.54) is 23.5 Å². The van der Waals surface area contributed by atoms with Crippen LogP contribution in [0.25, 0.3) is 10.2 Å². The van der Waals surface area contributed by atoms with Gasteiger partial charge in [-0.2, -0.15) is 0 Å². The van der Waals surface area contributed by atoms with E-state index in [-0.39, 0.29) is 5.82 Å². The maximum Gasteiger partial charge on any atom is 0.183 e. The van der Waals surface area contributed by atoms with E-state index in [2.05, 4.69) is 15.3 Å². The topological polar surface area (TPSA) is 37.8 Å². The first-order valence-electron chi connectivity index (χ1n) is 6.01. The van der Waals surface area contributed by atoms with Gasteiger partial charge in [-0.25, -0.2) is 9.37 Å². The number of aromatic nitrogens is 2. The minimum atomic E-state index is -0.252. The van der Waals surface area contributed by atoms with Gasteiger partial charge in [-0.05, 0) is 24.3 Å². The normalized spacial score (nSPS) is 10.8. The molecule has 2 aromatic heterocycles. The van der Waals surface area contributed by atoms with Gasteiger partial charge in [0.1, 0.15) is 5.82 Å². The van der Waals surface area contributed by atoms with Crippen molar-refractivity contribution in [2.24, 2.45) is 0 Å². The van der Waals surface area contributed by atoms with E-state index < -0.39 is 0 Å². The van der Waals surface area contributed by atoms with E-state index in [0.717, 1.165) is 28.5 Å². The Hall–Kier alpha value is -2.01. The average molecular weight is 273 g/mol. The molecule has 1 N–H and O–H groups in total. The fourth-order valence-electron chi connectivity index (χ4n) is 1.82. The van der Waals surface area contributed by atoms with Gasteiger partial charge in [0.15, 0.2) is 5.13 Å². The number of anilines is 1. The van der Waals surface area contributed by atoms with Crippen molar-refractivity contribution < 1.29 is 4.39 Å². The smallest absolute Gasteiger partial charge is 0.183 e. The number of rotatable bonds is 4. The second-order valence-corrected chi connectivity index (χ2v) is 5.16. The fourth-order valence-corrected chi connectivity index (χ4v) is 2.69. The molecule has 3 aromatic rings. The van der Waals surface area contributed by atoms with Crippen LogP contribution >= 0.6 is 11.3 Å². The summed E-state index contributed by atoms with van der Waals surface area (Å²) in [5, 5.41) is 4.06. The van der Waals surface area contributed by atoms with Crippen LogP contribution in [0.1, 0.15) is 5.69 Å². The molecule has 2 heterocycles. The predicted molar refractivity (Wildman–Crippen MR) is 76.0 cm³/mol. The minimum absolute atomic E-state index is 0.252. The molecule has 0 unspecified atom stereocenters. The number of hydrogen-bond acceptors (Lipinski definition) is 4. The molecular weight excluding hydrogens is 261 g/mol. The van der Waals surface area contributed by atoms with Gasteiger partial charge in [0.05, 0.1) is 10.2 Å². The van der Waals surface area contributed by atoms with Gasteiger partial charge in [0.25, 0.3) is 0 Å². The molecule has 5 heteroatoms. The zero-order chi connectivity index (χ0) is 13.1. The summed E-state index contributed by atoms with van der Waals surface area (Å²) in [5.74, 6) is -0.252. The molecule has 0 aliphatic carbocycles. The van der Waals surface area contributed by atoms with Crippen molar-refractivity contribution in [2.75, 3.05) is 11.9 Å². The Morgan fingerprint density at radius 1 is 1.21 bits per heavy atom. The third-order valence-corrected chi connectivity index (χ3v) is 3.73. The highest BCUT2D eigenvalue weighted by atomic mass is 32.1. The number of hydrogen-bond donors (Lipinski definition) is 1. The summed E-state index contributed by atoms with van der Waals surface area (Å²) in [7, 11) is 0. The third-order valence-electron chi connectivity index (χ3n) is 2.73. The van der Waals surface area contributed by atoms with Crippen LogP contribution in [0.3, 0.4) is 0 Å². The summed E-state index contributed by atoms with van der Waals surface area (Å²) in [6.45, 7) is 0.763. The van der Waals surface area contributed by atoms with E-state index >= 15 is 0 Å². The summed E-state index contributed by atoms with van der Waals surface area (Å²) in [4.78, 5) is 8.61. The van der Waals surface area contributed by atoms with Gasteiger partial charge in [0, 0.05) is 30.9 Å². The van der Waals surface area contributed by atoms with Crippen LogP contribution in [0.2, 0.25) is 0 Å². The van der Waals surface area contributed by atoms with Crippen LogP contribution in [-0.2, 0) is 6.42 Å². The van der Waals surface area contributed by atoms with Gasteiger partial charge < -0.3 is 5.32 Å². The molecule has 0 aliphatic heterocycles. The molecular formula is C14H12FN3S. The molecule has 0 aliphatic rings. The Morgan fingerprint density at radius 3 is 3.00 bits per heavy atom. The zero-order valence-electron chi connectivity index (χ0n) is 10.1. The summed E-state index contributed by atoms with van der Waals surface area (Å²) >= 11 is 1.53. The average Bonchev–Trinajstić information content (AvgIpc) is 2.82. The van der Waals surface area contributed by atoms with Gasteiger partial charge in [-0.3, -0.25) is 4.98 Å². The third kappa shape index (κ3) is 2.88. The zero-order valence-corrected chi connectivity index (χ0v) is 11.0. The standard InChI is InChI=1S/C14H12FN3S/c15-10-4-5-13-12(9-10)18-14(19-13)17-8-6-11-3-1-2-7-16-11/h1-5,7,9H,6,8H2,(H,17,18). The number of thiazole rings is 1. The lowest BCUT2D eigenvalue weighted by molar-refractivity contribution is 0.629. The Bertz CT molecular complexity index is 681. The van der Waals surface area contributed by atoms with Crippen LogP contribution < -0.4 is 5.32 Å². The molecule has 0 fully saturated rings. The molecule has 0 bridgehead atoms. The van der Waals surface area contributed by atoms with Crippen LogP contribution in [-0.4, -0.2) is 16.5 Å². The van der Waals surface area contributed by atoms with Crippen LogP contribution in [0.4, 0.5) is 9.52 Å². The Labute approximate surface area is 114 Å². The van der Waals surface area contributed by atoms with E-state index in [1.807, 2.05) is 18.2 Å². The summed E-state index contributed by atoms with van der Waals surface area (Å²) in [6.07, 6.45) is 2.63. The number of halogens is 1. The highest BCUT2D eigenvalue weighted by molar-refractivity contribution is 7.22. The lowest BCUT2D eigenvalue weighted by atomic mass is 10.3. The fraction of sp³-hybridized carbons (Fsp3) is 0.143. The SMILES string of the molecule is Fc1ccc2sc(NCCc3ccccn3)nc2c1. The molecule has 3 nitrogen and oxygen atoms in total. The first-order chi connectivity index (χ1) is 9.31. The number of nitrogens with one attached hydrogen (secondary N) is 1. The van der Waals surface area contributed by atoms with Crippen molar-refractivity contribution in [2.45, 2.75) is 6.42 Å². The molecule has 1 aromatic carbocycles. The van der Waals surface area contributed by atoms with Crippen LogP contribution in [0.5, 0.6) is 0 Å². The monoisotopic (exact) mass is 273 g/mol. The highest BCUT2D eigenvalue weighted by Crippen LogP contribution is 2.26. The Kier molecular flexibility index (Phi) is 3.37. The molecule has 0 amide bonds. The molecule has 0 saturated carbocycles. The van der Waals surface area contributed by atoms with Gasteiger partial charge >= 0.3 is 0 Å². The number of pyridine rings is 1. The molecule has 3 rings (SSSR count). The summed E-state index contributed by atoms with van der Waals surface area (Å²) < 4.78 is 14.0. The van der Waals surface area contributed by atoms with Crippen molar-refractivity contribution in [1.82, 2.24) is 9.97 Å². The predicted octanol–water partition coefficient (Wildman–Crippen LogP) is 3.49. The van der Waals surface area contributed by atoms with Crippen molar-refractivity contribution in [3.05, 3.63) is 54.1 Å². The maximum absolute atomic E-state index is 13.1. The van der Waals surface area contributed by atoms with E-state index in [9.17, 15) is 4.39 Å². The van der Waals surface area contributed by atoms with Crippen LogP contribution in [0, 0.1) is 5.82 Å². The minimum Gasteiger partial charge on any atom is -0.361 e. The van der Waals surface area contributed by atoms with Gasteiger partial charge in [-0.1, -0.05) is 17.4 Å². The highest BCUT2D eigenvalue weighted by Gasteiger charge is 2.04. The van der Waals surface area contributed by atoms with Crippen molar-refractivity contribution >= 4 is 26.7 Å². The van der Waals surface area contributed by atoms with E-state index in [1.54, 1.807) is 12.3 Å². The van der Waals surface area contributed by atoms with Crippen molar-refractivity contribution in [3.63, 3.8) is 0 Å². The molecule has 0 saturated heterocycles. The van der Waals surface area contributed by atoms with Crippen molar-refractivity contribution in [3.8, 4) is 0 Å². The molecule has 19 heavy (non-hydrogen) atoms. The Morgan fingerprint density at radius 2 is 2.16 bits per heavy atom. The van der Waals surface area contributed by atoms with Crippen molar-refractivity contribution in [1.29, 1.82) is 0 Å². The summed E-state index contributed by atoms with van der Waals surface area (Å²) in [5.41, 5.74) is 1.74. The van der Waals surface area contributed by atoms with E-state index in [4.69, 9.17) is 0 Å². The lowest BCUT2D eigenvalue weighted by Gasteiger charge is -2.01. The first kappa shape index (κ1) is 12.0. The second-order valence-electron chi connectivity index (χ2n) is 4.13. The molecule has 0 spiro atoms. The quantitative estimate of drug-likeness (QED) is 0.790. The van der Waals surface area contributed by atoms with E-state index in [0.29, 0.717) is 5.52 Å². The Balaban J connectivity index is 1.65. The number of benzene rings is 1. The number of nitrogens with zero attached hydrogens (tertiary/aromatic N) is 2. The molecule has 0 radical (unpaired) electrons. The molecule has 0 atom stereocenters. The number of fused-ring (bicyclic) bond motifs is 1. The lowest BCUT2D eigenvalue weighted by Crippen LogP contribution is -2.05. The summed E-state index contributed by atoms with van der Waals surface area (Å²) in [6, 6.07) is 10.5. The van der Waals surface area contributed by atoms with Crippen LogP contribution in [0.15, 0.2) is 42.6 Å². The second kappa shape index (κ2) is 5.32. The largest absolute Gasteiger partial charge is 0.361 e. The van der Waals surface area contributed by atoms with Gasteiger partial charge in [-0.15, -0.1) is 0 Å². The maximum atomic E-state index is 13.1. The van der Waals surface area contributed by atoms with Gasteiger partial charge in [0.2, 0.25) is 0 Å². The first-order valence-corrected chi connectivity index (χ1v) is 6.83.